The Morgan fingerprint density at radius 1 is 0.917 bits per heavy atom. The second-order valence-corrected chi connectivity index (χ2v) is 6.48. The fourth-order valence-corrected chi connectivity index (χ4v) is 3.35. The monoisotopic (exact) mass is 328 g/mol. The van der Waals surface area contributed by atoms with Gasteiger partial charge in [0.1, 0.15) is 5.75 Å². The fraction of sp³-hybridized carbons (Fsp3) is 0.400. The van der Waals surface area contributed by atoms with Gasteiger partial charge < -0.3 is 20.1 Å². The first-order chi connectivity index (χ1) is 11.6. The molecule has 2 aromatic rings. The Bertz CT molecular complexity index is 724. The number of rotatable bonds is 1. The van der Waals surface area contributed by atoms with Gasteiger partial charge in [-0.2, -0.15) is 0 Å². The Morgan fingerprint density at radius 3 is 2.29 bits per heavy atom. The quantitative estimate of drug-likeness (QED) is 0.745. The Balaban J connectivity index is 2.13. The van der Waals surface area contributed by atoms with Crippen LogP contribution in [0.25, 0.3) is 11.1 Å². The third-order valence-electron chi connectivity index (χ3n) is 4.71. The number of aryl methyl sites for hydroxylation is 2. The zero-order valence-electron chi connectivity index (χ0n) is 14.0. The first-order valence-corrected chi connectivity index (χ1v) is 8.48. The minimum Gasteiger partial charge on any atom is -0.507 e. The molecule has 4 nitrogen and oxygen atoms in total. The lowest BCUT2D eigenvalue weighted by Crippen LogP contribution is -2.07. The van der Waals surface area contributed by atoms with Crippen molar-refractivity contribution in [3.8, 4) is 28.4 Å². The van der Waals surface area contributed by atoms with Crippen LogP contribution in [0.15, 0.2) is 30.3 Å². The van der Waals surface area contributed by atoms with E-state index in [1.807, 2.05) is 24.3 Å². The highest BCUT2D eigenvalue weighted by molar-refractivity contribution is 5.79. The van der Waals surface area contributed by atoms with E-state index in [0.717, 1.165) is 49.7 Å². The molecule has 24 heavy (non-hydrogen) atoms. The van der Waals surface area contributed by atoms with E-state index in [2.05, 4.69) is 0 Å². The summed E-state index contributed by atoms with van der Waals surface area (Å²) < 4.78 is 5.30. The predicted octanol–water partition coefficient (Wildman–Crippen LogP) is 3.79. The van der Waals surface area contributed by atoms with Gasteiger partial charge in [-0.05, 0) is 73.9 Å². The molecule has 0 fully saturated rings. The van der Waals surface area contributed by atoms with Crippen molar-refractivity contribution in [3.63, 3.8) is 0 Å². The fourth-order valence-electron chi connectivity index (χ4n) is 3.35. The number of hydrogen-bond acceptors (Lipinski definition) is 4. The lowest BCUT2D eigenvalue weighted by molar-refractivity contribution is 0.149. The van der Waals surface area contributed by atoms with Crippen LogP contribution in [0.5, 0.6) is 17.2 Å². The van der Waals surface area contributed by atoms with Crippen LogP contribution in [0.4, 0.5) is 0 Å². The molecular weight excluding hydrogens is 304 g/mol. The Morgan fingerprint density at radius 2 is 1.58 bits per heavy atom. The molecule has 0 radical (unpaired) electrons. The zero-order valence-corrected chi connectivity index (χ0v) is 14.0. The van der Waals surface area contributed by atoms with Crippen LogP contribution < -0.4 is 4.74 Å². The highest BCUT2D eigenvalue weighted by Crippen LogP contribution is 2.42. The second kappa shape index (κ2) is 7.14. The van der Waals surface area contributed by atoms with Crippen LogP contribution in [0.2, 0.25) is 0 Å². The molecule has 4 heteroatoms. The van der Waals surface area contributed by atoms with Crippen molar-refractivity contribution in [2.75, 3.05) is 7.11 Å². The lowest BCUT2D eigenvalue weighted by atomic mass is 9.96. The van der Waals surface area contributed by atoms with Gasteiger partial charge in [0.25, 0.3) is 0 Å². The van der Waals surface area contributed by atoms with Gasteiger partial charge in [0.15, 0.2) is 11.5 Å². The molecule has 3 N–H and O–H groups in total. The molecule has 0 aromatic heterocycles. The summed E-state index contributed by atoms with van der Waals surface area (Å²) in [6.07, 6.45) is 4.67. The third-order valence-corrected chi connectivity index (χ3v) is 4.71. The van der Waals surface area contributed by atoms with Gasteiger partial charge in [0.2, 0.25) is 0 Å². The highest BCUT2D eigenvalue weighted by Gasteiger charge is 2.17. The van der Waals surface area contributed by atoms with Crippen LogP contribution in [-0.4, -0.2) is 28.5 Å². The third kappa shape index (κ3) is 3.49. The molecule has 0 aliphatic heterocycles. The summed E-state index contributed by atoms with van der Waals surface area (Å²) in [4.78, 5) is 0. The second-order valence-electron chi connectivity index (χ2n) is 6.48. The van der Waals surface area contributed by atoms with E-state index in [4.69, 9.17) is 4.74 Å². The summed E-state index contributed by atoms with van der Waals surface area (Å²) in [6.45, 7) is 0. The number of benzene rings is 2. The first-order valence-electron chi connectivity index (χ1n) is 8.48. The van der Waals surface area contributed by atoms with E-state index >= 15 is 0 Å². The number of hydrogen-bond donors (Lipinski definition) is 3. The number of phenolic OH excluding ortho intramolecular Hbond substituents is 2. The van der Waals surface area contributed by atoms with Gasteiger partial charge in [-0.25, -0.2) is 0 Å². The topological polar surface area (TPSA) is 69.9 Å². The summed E-state index contributed by atoms with van der Waals surface area (Å²) >= 11 is 0. The Labute approximate surface area is 142 Å². The summed E-state index contributed by atoms with van der Waals surface area (Å²) in [6, 6.07) is 9.20. The number of fused-ring (bicyclic) bond motifs is 5. The van der Waals surface area contributed by atoms with E-state index in [-0.39, 0.29) is 17.6 Å². The molecule has 3 rings (SSSR count). The molecule has 0 heterocycles. The summed E-state index contributed by atoms with van der Waals surface area (Å²) in [5, 5.41) is 30.9. The van der Waals surface area contributed by atoms with Gasteiger partial charge >= 0.3 is 0 Å². The van der Waals surface area contributed by atoms with Crippen LogP contribution >= 0.6 is 0 Å². The molecule has 1 atom stereocenters. The van der Waals surface area contributed by atoms with Gasteiger partial charge in [0, 0.05) is 11.1 Å². The largest absolute Gasteiger partial charge is 0.507 e. The predicted molar refractivity (Wildman–Crippen MR) is 93.6 cm³/mol. The Kier molecular flexibility index (Phi) is 4.95. The van der Waals surface area contributed by atoms with Crippen molar-refractivity contribution in [3.05, 3.63) is 41.5 Å². The molecule has 0 saturated carbocycles. The SMILES string of the molecule is COc1cc2cc(c1O)-c1cc(ccc1O)CCC[C@@H](O)CCC2. The maximum absolute atomic E-state index is 10.5. The van der Waals surface area contributed by atoms with Crippen LogP contribution in [0, 0.1) is 0 Å². The van der Waals surface area contributed by atoms with Crippen molar-refractivity contribution < 1.29 is 20.1 Å². The van der Waals surface area contributed by atoms with E-state index in [0.29, 0.717) is 16.9 Å². The molecule has 0 amide bonds. The van der Waals surface area contributed by atoms with Crippen LogP contribution in [0.1, 0.15) is 36.8 Å². The highest BCUT2D eigenvalue weighted by atomic mass is 16.5. The Hall–Kier alpha value is -2.20. The molecule has 0 saturated heterocycles. The van der Waals surface area contributed by atoms with Gasteiger partial charge in [-0.3, -0.25) is 0 Å². The van der Waals surface area contributed by atoms with Crippen LogP contribution in [-0.2, 0) is 12.8 Å². The number of aromatic hydroxyl groups is 2. The minimum atomic E-state index is -0.277. The molecule has 0 unspecified atom stereocenters. The molecule has 1 aliphatic rings. The number of aliphatic hydroxyl groups is 1. The van der Waals surface area contributed by atoms with Gasteiger partial charge in [0.05, 0.1) is 13.2 Å². The van der Waals surface area contributed by atoms with Crippen molar-refractivity contribution in [1.29, 1.82) is 0 Å². The summed E-state index contributed by atoms with van der Waals surface area (Å²) in [7, 11) is 1.52. The van der Waals surface area contributed by atoms with Crippen molar-refractivity contribution in [2.45, 2.75) is 44.6 Å². The summed E-state index contributed by atoms with van der Waals surface area (Å²) in [5.74, 6) is 0.592. The van der Waals surface area contributed by atoms with E-state index in [1.54, 1.807) is 6.07 Å². The van der Waals surface area contributed by atoms with E-state index < -0.39 is 0 Å². The molecule has 128 valence electrons. The van der Waals surface area contributed by atoms with Gasteiger partial charge in [-0.15, -0.1) is 0 Å². The smallest absolute Gasteiger partial charge is 0.165 e. The minimum absolute atomic E-state index is 0.0450. The average Bonchev–Trinajstić information content (AvgIpc) is 2.58. The lowest BCUT2D eigenvalue weighted by Gasteiger charge is -2.14. The van der Waals surface area contributed by atoms with Crippen molar-refractivity contribution >= 4 is 0 Å². The van der Waals surface area contributed by atoms with Crippen molar-refractivity contribution in [2.24, 2.45) is 0 Å². The molecule has 4 bridgehead atoms. The molecule has 0 spiro atoms. The average molecular weight is 328 g/mol. The van der Waals surface area contributed by atoms with Gasteiger partial charge in [-0.1, -0.05) is 6.07 Å². The number of aliphatic hydroxyl groups excluding tert-OH is 1. The number of methoxy groups -OCH3 is 1. The number of ether oxygens (including phenoxy) is 1. The molecule has 2 aromatic carbocycles. The maximum atomic E-state index is 10.5. The van der Waals surface area contributed by atoms with Crippen molar-refractivity contribution in [1.82, 2.24) is 0 Å². The summed E-state index contributed by atoms with van der Waals surface area (Å²) in [5.41, 5.74) is 3.31. The molecule has 1 aliphatic carbocycles. The number of phenols is 2. The standard InChI is InChI=1S/C20H24O4/c1-24-19-12-14-5-3-7-15(21)6-2-4-13-8-9-18(22)16(10-13)17(11-14)20(19)23/h8-12,15,21-23H,2-7H2,1H3/t15-/m1/s1. The molecular formula is C20H24O4. The van der Waals surface area contributed by atoms with E-state index in [9.17, 15) is 15.3 Å². The first kappa shape index (κ1) is 16.7. The normalized spacial score (nSPS) is 18.2. The maximum Gasteiger partial charge on any atom is 0.165 e. The zero-order chi connectivity index (χ0) is 17.1. The van der Waals surface area contributed by atoms with Crippen LogP contribution in [0.3, 0.4) is 0 Å². The van der Waals surface area contributed by atoms with E-state index in [1.165, 1.54) is 7.11 Å².